The zero-order chi connectivity index (χ0) is 54.1. The van der Waals surface area contributed by atoms with E-state index in [1.165, 1.54) is 0 Å². The molecule has 81 heavy (non-hydrogen) atoms. The molecule has 1 radical (unpaired) electrons. The number of hydrogen-bond acceptors (Lipinski definition) is 6. The Morgan fingerprint density at radius 1 is 0.309 bits per heavy atom. The Labute approximate surface area is 483 Å². The first-order valence-electron chi connectivity index (χ1n) is 29.0. The van der Waals surface area contributed by atoms with Gasteiger partial charge in [0.1, 0.15) is 0 Å². The van der Waals surface area contributed by atoms with Crippen molar-refractivity contribution in [1.82, 2.24) is 39.5 Å². The Hall–Kier alpha value is -8.12. The van der Waals surface area contributed by atoms with Crippen LogP contribution in [-0.2, 0) is 17.1 Å². The number of nitrogens with zero attached hydrogens (tertiary/aromatic N) is 8. The fourth-order valence-corrected chi connectivity index (χ4v) is 12.6. The molecule has 0 N–H and O–H groups in total. The first-order chi connectivity index (χ1) is 39.3. The van der Waals surface area contributed by atoms with E-state index in [2.05, 4.69) is 0 Å². The van der Waals surface area contributed by atoms with E-state index in [0.29, 0.717) is 67.1 Å². The minimum absolute atomic E-state index is 0. The molecule has 4 aromatic carbocycles. The molecule has 7 aromatic rings. The molecule has 411 valence electrons. The molecular weight excluding hydrogens is 1060 g/mol. The molecule has 9 heterocycles. The average molecular weight is 1120 g/mol. The maximum absolute atomic E-state index is 14.2. The molecule has 6 aliphatic rings. The van der Waals surface area contributed by atoms with E-state index in [1.54, 1.807) is 0 Å². The van der Waals surface area contributed by atoms with Crippen LogP contribution in [0.25, 0.3) is 90.9 Å². The number of benzene rings is 4. The van der Waals surface area contributed by atoms with Crippen molar-refractivity contribution >= 4 is 70.0 Å². The van der Waals surface area contributed by atoms with Gasteiger partial charge >= 0.3 is 17.1 Å². The summed E-state index contributed by atoms with van der Waals surface area (Å²) in [6.07, 6.45) is 20.4. The van der Waals surface area contributed by atoms with Crippen LogP contribution in [0.4, 0.5) is 0 Å². The number of piperidine rings is 4. The van der Waals surface area contributed by atoms with Gasteiger partial charge in [0, 0.05) is 74.6 Å². The summed E-state index contributed by atoms with van der Waals surface area (Å²) in [4.78, 5) is 86.7. The van der Waals surface area contributed by atoms with E-state index >= 15 is 0 Å². The van der Waals surface area contributed by atoms with E-state index in [1.807, 2.05) is 165 Å². The zero-order valence-corrected chi connectivity index (χ0v) is 46.5. The van der Waals surface area contributed by atoms with Gasteiger partial charge in [-0.05, 0) is 194 Å². The van der Waals surface area contributed by atoms with Crippen LogP contribution in [0.1, 0.15) is 141 Å². The molecule has 13 heteroatoms. The summed E-state index contributed by atoms with van der Waals surface area (Å²) in [5.41, 5.74) is 13.7. The van der Waals surface area contributed by atoms with Crippen LogP contribution in [0.2, 0.25) is 0 Å². The van der Waals surface area contributed by atoms with Gasteiger partial charge in [0.05, 0.1) is 22.8 Å². The summed E-state index contributed by atoms with van der Waals surface area (Å²) in [7, 11) is 0. The number of rotatable bonds is 8. The minimum atomic E-state index is 0. The third-order valence-electron chi connectivity index (χ3n) is 16.8. The van der Waals surface area contributed by atoms with Gasteiger partial charge in [-0.25, -0.2) is 9.97 Å². The molecule has 0 spiro atoms. The van der Waals surface area contributed by atoms with Crippen LogP contribution in [0, 0.1) is 0 Å². The fraction of sp³-hybridized carbons (Fsp3) is 0.294. The van der Waals surface area contributed by atoms with Crippen molar-refractivity contribution in [2.24, 2.45) is 0 Å². The second-order valence-electron chi connectivity index (χ2n) is 22.1. The molecule has 12 nitrogen and oxygen atoms in total. The van der Waals surface area contributed by atoms with E-state index in [4.69, 9.17) is 19.9 Å². The van der Waals surface area contributed by atoms with Gasteiger partial charge in [0.15, 0.2) is 0 Å². The standard InChI is InChI=1S/C68H64N8O4.Cu/c77-65(73-33-5-1-6-34-73)49-21-13-17-45(41-49)61-53-25-27-55(69-53)62(46-18-14-22-50(42-46)66(78)74-35-7-2-8-36-74)57-29-31-59(71-57)64(48-20-16-24-52(44-48)68(80)76-39-11-4-12-40-76)60-32-30-58(72-60)63(56-28-26-54(61)70-56)47-19-15-23-51(43-47)67(79)75-37-9-3-10-38-75;/h13-32,41-44H,1-12,33-40H2;/q-2;+2. The Bertz CT molecular complexity index is 3340. The molecular formula is C68H64CuN8O4. The van der Waals surface area contributed by atoms with E-state index in [-0.39, 0.29) is 40.7 Å². The van der Waals surface area contributed by atoms with Crippen molar-refractivity contribution in [2.45, 2.75) is 77.0 Å². The van der Waals surface area contributed by atoms with Crippen LogP contribution in [0.3, 0.4) is 0 Å². The second-order valence-corrected chi connectivity index (χ2v) is 22.1. The van der Waals surface area contributed by atoms with Crippen molar-refractivity contribution in [3.63, 3.8) is 0 Å². The number of fused-ring (bicyclic) bond motifs is 8. The summed E-state index contributed by atoms with van der Waals surface area (Å²) in [6.45, 7) is 5.83. The molecule has 8 bridgehead atoms. The first kappa shape index (κ1) is 53.5. The normalized spacial score (nSPS) is 16.3. The fourth-order valence-electron chi connectivity index (χ4n) is 12.6. The van der Waals surface area contributed by atoms with Crippen molar-refractivity contribution in [3.8, 4) is 44.5 Å². The summed E-state index contributed by atoms with van der Waals surface area (Å²) < 4.78 is 0. The Morgan fingerprint density at radius 3 is 0.753 bits per heavy atom. The molecule has 4 saturated heterocycles. The number of likely N-dealkylation sites (tertiary alicyclic amines) is 4. The molecule has 0 aliphatic carbocycles. The second kappa shape index (κ2) is 23.5. The van der Waals surface area contributed by atoms with Crippen LogP contribution < -0.4 is 9.97 Å². The summed E-state index contributed by atoms with van der Waals surface area (Å²) in [5, 5.41) is 0. The zero-order valence-electron chi connectivity index (χ0n) is 45.5. The number of hydrogen-bond donors (Lipinski definition) is 0. The predicted octanol–water partition coefficient (Wildman–Crippen LogP) is 13.1. The molecule has 6 aliphatic heterocycles. The molecule has 4 fully saturated rings. The van der Waals surface area contributed by atoms with Crippen molar-refractivity contribution in [2.75, 3.05) is 52.4 Å². The quantitative estimate of drug-likeness (QED) is 0.137. The first-order valence-corrected chi connectivity index (χ1v) is 29.0. The predicted molar refractivity (Wildman–Crippen MR) is 318 cm³/mol. The molecule has 0 saturated carbocycles. The molecule has 3 aromatic heterocycles. The van der Waals surface area contributed by atoms with Crippen molar-refractivity contribution in [1.29, 1.82) is 0 Å². The number of amides is 4. The number of carbonyl (C=O) groups excluding carboxylic acids is 4. The third-order valence-corrected chi connectivity index (χ3v) is 16.8. The topological polar surface area (TPSA) is 135 Å². The van der Waals surface area contributed by atoms with Crippen LogP contribution in [0.15, 0.2) is 121 Å². The van der Waals surface area contributed by atoms with Gasteiger partial charge in [-0.3, -0.25) is 19.2 Å². The van der Waals surface area contributed by atoms with Crippen LogP contribution in [-0.4, -0.2) is 106 Å². The molecule has 13 rings (SSSR count). The van der Waals surface area contributed by atoms with E-state index < -0.39 is 0 Å². The Balaban J connectivity index is 0.00000651. The molecule has 4 amide bonds. The average Bonchev–Trinajstić information content (AvgIpc) is 4.39. The monoisotopic (exact) mass is 1120 g/mol. The Morgan fingerprint density at radius 2 is 0.531 bits per heavy atom. The SMILES string of the molecule is O=C(c1cccc(-c2c3nc(c(-c4cccc(C(=O)N5CCCCC5)c4)c4ccc([n-]4)c(-c4cccc(C(=O)N5CCCCC5)c4)c4nc(c(-c5cccc(C(=O)N6CCCCC6)c5)c5ccc2[n-]5)C=C4)C=C3)c1)N1CCCCC1.[Cu+2]. The summed E-state index contributed by atoms with van der Waals surface area (Å²) in [6, 6.07) is 39.3. The smallest absolute Gasteiger partial charge is 0.657 e. The van der Waals surface area contributed by atoms with E-state index in [0.717, 1.165) is 174 Å². The van der Waals surface area contributed by atoms with Gasteiger partial charge < -0.3 is 29.6 Å². The van der Waals surface area contributed by atoms with Crippen LogP contribution >= 0.6 is 0 Å². The largest absolute Gasteiger partial charge is 2.00 e. The van der Waals surface area contributed by atoms with E-state index in [9.17, 15) is 19.2 Å². The van der Waals surface area contributed by atoms with Gasteiger partial charge in [-0.2, -0.15) is 0 Å². The van der Waals surface area contributed by atoms with Gasteiger partial charge in [0.2, 0.25) is 0 Å². The van der Waals surface area contributed by atoms with Crippen molar-refractivity contribution in [3.05, 3.63) is 166 Å². The Kier molecular flexibility index (Phi) is 15.5. The third kappa shape index (κ3) is 10.8. The number of carbonyl (C=O) groups is 4. The van der Waals surface area contributed by atoms with Crippen LogP contribution in [0.5, 0.6) is 0 Å². The minimum Gasteiger partial charge on any atom is -0.657 e. The summed E-state index contributed by atoms with van der Waals surface area (Å²) in [5.74, 6) is 0.0168. The molecule has 0 unspecified atom stereocenters. The van der Waals surface area contributed by atoms with Gasteiger partial charge in [0.25, 0.3) is 23.6 Å². The van der Waals surface area contributed by atoms with Crippen molar-refractivity contribution < 1.29 is 36.2 Å². The maximum Gasteiger partial charge on any atom is 2.00 e. The molecule has 0 atom stereocenters. The maximum atomic E-state index is 14.2. The number of aromatic nitrogens is 4. The van der Waals surface area contributed by atoms with Gasteiger partial charge in [-0.1, -0.05) is 72.8 Å². The van der Waals surface area contributed by atoms with Gasteiger partial charge in [-0.15, -0.1) is 22.1 Å². The summed E-state index contributed by atoms with van der Waals surface area (Å²) >= 11 is 0.